The van der Waals surface area contributed by atoms with E-state index < -0.39 is 5.97 Å². The lowest BCUT2D eigenvalue weighted by Gasteiger charge is -2.62. The third-order valence-electron chi connectivity index (χ3n) is 10.2. The minimum absolute atomic E-state index is 0.179. The molecule has 28 heavy (non-hydrogen) atoms. The van der Waals surface area contributed by atoms with Crippen LogP contribution in [0.15, 0.2) is 0 Å². The van der Waals surface area contributed by atoms with Crippen LogP contribution < -0.4 is 0 Å². The van der Waals surface area contributed by atoms with Crippen LogP contribution in [0.4, 0.5) is 0 Å². The minimum Gasteiger partial charge on any atom is -0.481 e. The summed E-state index contributed by atoms with van der Waals surface area (Å²) >= 11 is 0. The standard InChI is InChI=1S/C24H40O4/c1-14(4-7-21(27)28)17-5-6-18-22-19(9-11-24(17,18)3)23(2)10-8-16(25)12-15(23)13-20(22)26/h14-20,22,25-26H,4-13H2,1-3H3,(H,27,28)/t14?,15-,16?,17+,18?,19?,20-,22-,23-,24+/m0/s1. The second kappa shape index (κ2) is 7.27. The fraction of sp³-hybridized carbons (Fsp3) is 0.958. The zero-order valence-corrected chi connectivity index (χ0v) is 17.9. The smallest absolute Gasteiger partial charge is 0.303 e. The Kier molecular flexibility index (Phi) is 5.36. The monoisotopic (exact) mass is 392 g/mol. The van der Waals surface area contributed by atoms with E-state index in [9.17, 15) is 15.0 Å². The first-order valence-electron chi connectivity index (χ1n) is 11.7. The summed E-state index contributed by atoms with van der Waals surface area (Å²) in [6.45, 7) is 7.16. The molecule has 10 atom stereocenters. The molecule has 0 amide bonds. The number of aliphatic hydroxyl groups is 2. The van der Waals surface area contributed by atoms with Gasteiger partial charge in [-0.3, -0.25) is 4.79 Å². The molecule has 0 radical (unpaired) electrons. The van der Waals surface area contributed by atoms with E-state index in [-0.39, 0.29) is 29.5 Å². The van der Waals surface area contributed by atoms with Gasteiger partial charge in [-0.1, -0.05) is 20.8 Å². The Labute approximate surface area is 170 Å². The number of rotatable bonds is 4. The van der Waals surface area contributed by atoms with E-state index in [1.165, 1.54) is 25.7 Å². The molecule has 0 spiro atoms. The highest BCUT2D eigenvalue weighted by molar-refractivity contribution is 5.66. The Balaban J connectivity index is 1.55. The fourth-order valence-corrected chi connectivity index (χ4v) is 8.73. The van der Waals surface area contributed by atoms with Crippen LogP contribution in [-0.4, -0.2) is 33.5 Å². The molecule has 4 saturated carbocycles. The van der Waals surface area contributed by atoms with E-state index in [4.69, 9.17) is 5.11 Å². The summed E-state index contributed by atoms with van der Waals surface area (Å²) in [6.07, 6.45) is 9.19. The number of fused-ring (bicyclic) bond motifs is 5. The van der Waals surface area contributed by atoms with Crippen molar-refractivity contribution in [2.75, 3.05) is 0 Å². The molecule has 3 N–H and O–H groups in total. The number of aliphatic hydroxyl groups excluding tert-OH is 2. The van der Waals surface area contributed by atoms with Gasteiger partial charge in [0.25, 0.3) is 0 Å². The van der Waals surface area contributed by atoms with Gasteiger partial charge >= 0.3 is 5.97 Å². The minimum atomic E-state index is -0.684. The van der Waals surface area contributed by atoms with Gasteiger partial charge in [0.1, 0.15) is 0 Å². The zero-order chi connectivity index (χ0) is 20.3. The van der Waals surface area contributed by atoms with Crippen LogP contribution in [0.2, 0.25) is 0 Å². The van der Waals surface area contributed by atoms with Gasteiger partial charge in [0.05, 0.1) is 12.2 Å². The van der Waals surface area contributed by atoms with E-state index in [1.807, 2.05) is 0 Å². The molecule has 0 heterocycles. The molecule has 0 aliphatic heterocycles. The molecule has 0 bridgehead atoms. The molecule has 4 rings (SSSR count). The lowest BCUT2D eigenvalue weighted by molar-refractivity contribution is -0.174. The third-order valence-corrected chi connectivity index (χ3v) is 10.2. The predicted octanol–water partition coefficient (Wildman–Crippen LogP) is 4.48. The molecule has 4 fully saturated rings. The highest BCUT2D eigenvalue weighted by Gasteiger charge is 2.62. The lowest BCUT2D eigenvalue weighted by Crippen LogP contribution is -2.58. The van der Waals surface area contributed by atoms with Gasteiger partial charge in [0.2, 0.25) is 0 Å². The maximum Gasteiger partial charge on any atom is 0.303 e. The molecular formula is C24H40O4. The van der Waals surface area contributed by atoms with Crippen LogP contribution in [0.1, 0.15) is 85.0 Å². The Bertz CT molecular complexity index is 605. The zero-order valence-electron chi connectivity index (χ0n) is 17.9. The second-order valence-corrected chi connectivity index (χ2v) is 11.4. The van der Waals surface area contributed by atoms with Crippen molar-refractivity contribution in [3.05, 3.63) is 0 Å². The van der Waals surface area contributed by atoms with Crippen molar-refractivity contribution in [1.82, 2.24) is 0 Å². The van der Waals surface area contributed by atoms with Crippen LogP contribution >= 0.6 is 0 Å². The van der Waals surface area contributed by atoms with E-state index >= 15 is 0 Å². The Morgan fingerprint density at radius 3 is 2.39 bits per heavy atom. The molecule has 4 unspecified atom stereocenters. The number of hydrogen-bond acceptors (Lipinski definition) is 3. The molecule has 0 aromatic heterocycles. The number of carboxylic acid groups (broad SMARTS) is 1. The van der Waals surface area contributed by atoms with Gasteiger partial charge < -0.3 is 15.3 Å². The average molecular weight is 393 g/mol. The lowest BCUT2D eigenvalue weighted by atomic mass is 9.43. The molecule has 4 aliphatic rings. The Morgan fingerprint density at radius 2 is 1.68 bits per heavy atom. The Hall–Kier alpha value is -0.610. The third kappa shape index (κ3) is 3.14. The molecule has 160 valence electrons. The van der Waals surface area contributed by atoms with E-state index in [0.717, 1.165) is 32.1 Å². The van der Waals surface area contributed by atoms with Crippen LogP contribution in [0, 0.1) is 46.3 Å². The van der Waals surface area contributed by atoms with Gasteiger partial charge in [-0.2, -0.15) is 0 Å². The van der Waals surface area contributed by atoms with Crippen molar-refractivity contribution >= 4 is 5.97 Å². The summed E-state index contributed by atoms with van der Waals surface area (Å²) in [5, 5.41) is 30.5. The molecule has 0 saturated heterocycles. The summed E-state index contributed by atoms with van der Waals surface area (Å²) in [4.78, 5) is 11.1. The predicted molar refractivity (Wildman–Crippen MR) is 109 cm³/mol. The van der Waals surface area contributed by atoms with Crippen LogP contribution in [0.25, 0.3) is 0 Å². The number of hydrogen-bond donors (Lipinski definition) is 3. The van der Waals surface area contributed by atoms with Crippen molar-refractivity contribution < 1.29 is 20.1 Å². The van der Waals surface area contributed by atoms with Gasteiger partial charge in [0, 0.05) is 6.42 Å². The summed E-state index contributed by atoms with van der Waals surface area (Å²) in [5.74, 6) is 2.36. The van der Waals surface area contributed by atoms with Gasteiger partial charge in [0.15, 0.2) is 0 Å². The van der Waals surface area contributed by atoms with E-state index in [2.05, 4.69) is 20.8 Å². The summed E-state index contributed by atoms with van der Waals surface area (Å²) in [6, 6.07) is 0. The van der Waals surface area contributed by atoms with Crippen molar-refractivity contribution in [2.24, 2.45) is 46.3 Å². The van der Waals surface area contributed by atoms with Crippen molar-refractivity contribution in [3.63, 3.8) is 0 Å². The first-order chi connectivity index (χ1) is 13.2. The van der Waals surface area contributed by atoms with Crippen molar-refractivity contribution in [2.45, 2.75) is 97.2 Å². The van der Waals surface area contributed by atoms with Gasteiger partial charge in [-0.25, -0.2) is 0 Å². The van der Waals surface area contributed by atoms with Crippen LogP contribution in [-0.2, 0) is 4.79 Å². The first-order valence-corrected chi connectivity index (χ1v) is 11.7. The number of carbonyl (C=O) groups is 1. The maximum absolute atomic E-state index is 11.2. The van der Waals surface area contributed by atoms with E-state index in [0.29, 0.717) is 35.5 Å². The highest BCUT2D eigenvalue weighted by Crippen LogP contribution is 2.68. The number of carboxylic acids is 1. The quantitative estimate of drug-likeness (QED) is 0.659. The topological polar surface area (TPSA) is 77.8 Å². The van der Waals surface area contributed by atoms with Crippen LogP contribution in [0.3, 0.4) is 0 Å². The average Bonchev–Trinajstić information content (AvgIpc) is 2.98. The molecule has 4 nitrogen and oxygen atoms in total. The SMILES string of the molecule is CC(CCC(=O)O)[C@H]1CCC2[C@H]3C(CC[C@@]21C)[C@@]1(C)CCC(O)C[C@H]1C[C@@H]3O. The van der Waals surface area contributed by atoms with Crippen molar-refractivity contribution in [3.8, 4) is 0 Å². The summed E-state index contributed by atoms with van der Waals surface area (Å²) in [7, 11) is 0. The highest BCUT2D eigenvalue weighted by atomic mass is 16.4. The molecule has 0 aromatic rings. The summed E-state index contributed by atoms with van der Waals surface area (Å²) < 4.78 is 0. The van der Waals surface area contributed by atoms with Gasteiger partial charge in [-0.15, -0.1) is 0 Å². The largest absolute Gasteiger partial charge is 0.481 e. The second-order valence-electron chi connectivity index (χ2n) is 11.4. The first kappa shape index (κ1) is 20.7. The Morgan fingerprint density at radius 1 is 1.00 bits per heavy atom. The normalized spacial score (nSPS) is 51.7. The fourth-order valence-electron chi connectivity index (χ4n) is 8.73. The number of aliphatic carboxylic acids is 1. The molecular weight excluding hydrogens is 352 g/mol. The molecule has 0 aromatic carbocycles. The van der Waals surface area contributed by atoms with E-state index in [1.54, 1.807) is 0 Å². The van der Waals surface area contributed by atoms with Crippen molar-refractivity contribution in [1.29, 1.82) is 0 Å². The summed E-state index contributed by atoms with van der Waals surface area (Å²) in [5.41, 5.74) is 0.523. The maximum atomic E-state index is 11.2. The van der Waals surface area contributed by atoms with Gasteiger partial charge in [-0.05, 0) is 104 Å². The molecule has 4 aliphatic carbocycles. The molecule has 4 heteroatoms. The van der Waals surface area contributed by atoms with Crippen LogP contribution in [0.5, 0.6) is 0 Å².